The lowest BCUT2D eigenvalue weighted by Crippen LogP contribution is -2.22. The molecule has 4 nitrogen and oxygen atoms in total. The van der Waals surface area contributed by atoms with E-state index in [0.29, 0.717) is 5.69 Å². The molecule has 1 aromatic heterocycles. The van der Waals surface area contributed by atoms with E-state index in [1.807, 2.05) is 14.0 Å². The van der Waals surface area contributed by atoms with Gasteiger partial charge in [0.15, 0.2) is 0 Å². The molecule has 1 heterocycles. The number of nitrogens with zero attached hydrogens (tertiary/aromatic N) is 2. The van der Waals surface area contributed by atoms with Crippen LogP contribution in [0.5, 0.6) is 0 Å². The smallest absolute Gasteiger partial charge is 0.106 e. The molecule has 1 rings (SSSR count). The molecule has 0 amide bonds. The maximum atomic E-state index is 10.0. The van der Waals surface area contributed by atoms with Gasteiger partial charge >= 0.3 is 0 Å². The van der Waals surface area contributed by atoms with Crippen LogP contribution in [0.4, 0.5) is 0 Å². The molecule has 0 saturated carbocycles. The van der Waals surface area contributed by atoms with Crippen molar-refractivity contribution in [3.63, 3.8) is 0 Å². The topological polar surface area (TPSA) is 58.3 Å². The first-order valence-corrected chi connectivity index (χ1v) is 6.17. The summed E-state index contributed by atoms with van der Waals surface area (Å²) in [6.45, 7) is 5.38. The van der Waals surface area contributed by atoms with Crippen LogP contribution in [0.3, 0.4) is 0 Å². The van der Waals surface area contributed by atoms with Gasteiger partial charge in [0.05, 0.1) is 15.8 Å². The Labute approximate surface area is 104 Å². The average Bonchev–Trinajstić information content (AvgIpc) is 2.38. The summed E-state index contributed by atoms with van der Waals surface area (Å²) < 4.78 is 2.60. The van der Waals surface area contributed by atoms with Crippen molar-refractivity contribution >= 4 is 15.9 Å². The fourth-order valence-corrected chi connectivity index (χ4v) is 2.60. The van der Waals surface area contributed by atoms with E-state index in [0.717, 1.165) is 16.6 Å². The number of aryl methyl sites for hydroxylation is 1. The average molecular weight is 291 g/mol. The zero-order valence-corrected chi connectivity index (χ0v) is 11.7. The van der Waals surface area contributed by atoms with Gasteiger partial charge in [0.2, 0.25) is 0 Å². The molecule has 0 aliphatic carbocycles. The molecular weight excluding hydrogens is 272 g/mol. The number of aliphatic hydroxyl groups is 2. The molecule has 0 bridgehead atoms. The Balaban J connectivity index is 2.96. The molecule has 16 heavy (non-hydrogen) atoms. The fourth-order valence-electron chi connectivity index (χ4n) is 1.72. The minimum atomic E-state index is -0.900. The number of hydrogen-bond acceptors (Lipinski definition) is 3. The normalized spacial score (nSPS) is 14.2. The zero-order valence-electron chi connectivity index (χ0n) is 10.2. The molecule has 1 unspecified atom stereocenters. The van der Waals surface area contributed by atoms with Crippen molar-refractivity contribution in [1.29, 1.82) is 0 Å². The minimum Gasteiger partial charge on any atom is -0.390 e. The first kappa shape index (κ1) is 13.7. The van der Waals surface area contributed by atoms with Crippen LogP contribution in [0.15, 0.2) is 4.47 Å². The molecule has 0 aliphatic heterocycles. The number of aromatic nitrogens is 2. The van der Waals surface area contributed by atoms with Crippen LogP contribution in [0.1, 0.15) is 44.7 Å². The molecular formula is C11H19BrN2O2. The summed E-state index contributed by atoms with van der Waals surface area (Å²) in [5, 5.41) is 23.9. The molecule has 0 aliphatic rings. The molecule has 0 fully saturated rings. The largest absolute Gasteiger partial charge is 0.390 e. The van der Waals surface area contributed by atoms with Gasteiger partial charge in [-0.15, -0.1) is 0 Å². The van der Waals surface area contributed by atoms with Gasteiger partial charge in [0.1, 0.15) is 11.8 Å². The van der Waals surface area contributed by atoms with Crippen LogP contribution < -0.4 is 0 Å². The molecule has 0 aromatic carbocycles. The van der Waals surface area contributed by atoms with Crippen molar-refractivity contribution in [1.82, 2.24) is 9.78 Å². The minimum absolute atomic E-state index is 0.270. The molecule has 1 atom stereocenters. The van der Waals surface area contributed by atoms with E-state index in [-0.39, 0.29) is 6.42 Å². The monoisotopic (exact) mass is 290 g/mol. The predicted octanol–water partition coefficient (Wildman–Crippen LogP) is 1.94. The van der Waals surface area contributed by atoms with Crippen LogP contribution in [-0.2, 0) is 13.5 Å². The standard InChI is InChI=1S/C11H19BrN2O2/c1-5-7-9(12)10(13-14(7)4)8(15)6-11(2,3)16/h8,15-16H,5-6H2,1-4H3. The van der Waals surface area contributed by atoms with E-state index in [9.17, 15) is 10.2 Å². The number of hydrogen-bond donors (Lipinski definition) is 2. The predicted molar refractivity (Wildman–Crippen MR) is 66.2 cm³/mol. The Morgan fingerprint density at radius 2 is 2.06 bits per heavy atom. The van der Waals surface area contributed by atoms with Gasteiger partial charge in [0.25, 0.3) is 0 Å². The van der Waals surface area contributed by atoms with E-state index in [2.05, 4.69) is 21.0 Å². The summed E-state index contributed by atoms with van der Waals surface area (Å²) >= 11 is 3.45. The van der Waals surface area contributed by atoms with Crippen LogP contribution >= 0.6 is 15.9 Å². The highest BCUT2D eigenvalue weighted by Crippen LogP contribution is 2.30. The van der Waals surface area contributed by atoms with E-state index < -0.39 is 11.7 Å². The van der Waals surface area contributed by atoms with Crippen molar-refractivity contribution in [2.24, 2.45) is 7.05 Å². The van der Waals surface area contributed by atoms with Gasteiger partial charge < -0.3 is 10.2 Å². The molecule has 1 aromatic rings. The zero-order chi connectivity index (χ0) is 12.5. The van der Waals surface area contributed by atoms with Crippen molar-refractivity contribution in [2.45, 2.75) is 45.3 Å². The molecule has 5 heteroatoms. The number of rotatable bonds is 4. The van der Waals surface area contributed by atoms with E-state index in [1.54, 1.807) is 18.5 Å². The highest BCUT2D eigenvalue weighted by Gasteiger charge is 2.25. The summed E-state index contributed by atoms with van der Waals surface area (Å²) in [6.07, 6.45) is 0.367. The third-order valence-electron chi connectivity index (χ3n) is 2.47. The first-order chi connectivity index (χ1) is 7.26. The second-order valence-electron chi connectivity index (χ2n) is 4.66. The van der Waals surface area contributed by atoms with Gasteiger partial charge in [-0.1, -0.05) is 6.92 Å². The Morgan fingerprint density at radius 3 is 2.44 bits per heavy atom. The summed E-state index contributed by atoms with van der Waals surface area (Å²) in [5.41, 5.74) is 0.745. The van der Waals surface area contributed by atoms with E-state index in [1.165, 1.54) is 0 Å². The third kappa shape index (κ3) is 3.06. The van der Waals surface area contributed by atoms with Crippen LogP contribution in [0, 0.1) is 0 Å². The van der Waals surface area contributed by atoms with Gasteiger partial charge in [-0.25, -0.2) is 0 Å². The summed E-state index contributed by atoms with van der Waals surface area (Å²) in [7, 11) is 1.85. The van der Waals surface area contributed by atoms with Gasteiger partial charge in [0, 0.05) is 13.5 Å². The summed E-state index contributed by atoms with van der Waals surface area (Å²) in [6, 6.07) is 0. The highest BCUT2D eigenvalue weighted by molar-refractivity contribution is 9.10. The van der Waals surface area contributed by atoms with Crippen molar-refractivity contribution in [3.8, 4) is 0 Å². The van der Waals surface area contributed by atoms with Crippen molar-refractivity contribution < 1.29 is 10.2 Å². The summed E-state index contributed by atoms with van der Waals surface area (Å²) in [4.78, 5) is 0. The van der Waals surface area contributed by atoms with Crippen LogP contribution in [0.2, 0.25) is 0 Å². The lowest BCUT2D eigenvalue weighted by molar-refractivity contribution is 0.0160. The highest BCUT2D eigenvalue weighted by atomic mass is 79.9. The van der Waals surface area contributed by atoms with Crippen molar-refractivity contribution in [2.75, 3.05) is 0 Å². The number of aliphatic hydroxyl groups excluding tert-OH is 1. The van der Waals surface area contributed by atoms with Crippen LogP contribution in [0.25, 0.3) is 0 Å². The molecule has 2 N–H and O–H groups in total. The Morgan fingerprint density at radius 1 is 1.50 bits per heavy atom. The number of halogens is 1. The molecule has 92 valence electrons. The summed E-state index contributed by atoms with van der Waals surface area (Å²) in [5.74, 6) is 0. The first-order valence-electron chi connectivity index (χ1n) is 5.38. The maximum Gasteiger partial charge on any atom is 0.106 e. The third-order valence-corrected chi connectivity index (χ3v) is 3.33. The SMILES string of the molecule is CCc1c(Br)c(C(O)CC(C)(C)O)nn1C. The second-order valence-corrected chi connectivity index (χ2v) is 5.45. The van der Waals surface area contributed by atoms with E-state index in [4.69, 9.17) is 0 Å². The lowest BCUT2D eigenvalue weighted by Gasteiger charge is -2.20. The lowest BCUT2D eigenvalue weighted by atomic mass is 9.99. The van der Waals surface area contributed by atoms with Gasteiger partial charge in [-0.2, -0.15) is 5.10 Å². The Kier molecular flexibility index (Phi) is 4.15. The maximum absolute atomic E-state index is 10.0. The van der Waals surface area contributed by atoms with Gasteiger partial charge in [-0.3, -0.25) is 4.68 Å². The van der Waals surface area contributed by atoms with Crippen LogP contribution in [-0.4, -0.2) is 25.6 Å². The fraction of sp³-hybridized carbons (Fsp3) is 0.727. The van der Waals surface area contributed by atoms with Gasteiger partial charge in [-0.05, 0) is 36.2 Å². The molecule has 0 radical (unpaired) electrons. The second kappa shape index (κ2) is 4.85. The Hall–Kier alpha value is -0.390. The quantitative estimate of drug-likeness (QED) is 0.891. The molecule has 0 saturated heterocycles. The Bertz CT molecular complexity index is 369. The van der Waals surface area contributed by atoms with E-state index >= 15 is 0 Å². The van der Waals surface area contributed by atoms with Crippen molar-refractivity contribution in [3.05, 3.63) is 15.9 Å². The molecule has 0 spiro atoms.